The first-order valence-corrected chi connectivity index (χ1v) is 8.07. The Balaban J connectivity index is 1.89. The van der Waals surface area contributed by atoms with Crippen molar-refractivity contribution in [3.05, 3.63) is 29.8 Å². The normalized spacial score (nSPS) is 16.9. The maximum absolute atomic E-state index is 12.0. The standard InChI is InChI=1S/C17H27N3O/c1-2-3-9-16(18)17(21)19-15-8-6-7-14(12-15)13-20-10-4-5-11-20/h6-8,12,16H,2-5,9-11,13,18H2,1H3,(H,19,21)/t16-/m0/s1. The van der Waals surface area contributed by atoms with Crippen molar-refractivity contribution in [3.63, 3.8) is 0 Å². The minimum Gasteiger partial charge on any atom is -0.325 e. The first-order chi connectivity index (χ1) is 10.2. The second-order valence-corrected chi connectivity index (χ2v) is 5.92. The summed E-state index contributed by atoms with van der Waals surface area (Å²) in [5.41, 5.74) is 8.00. The van der Waals surface area contributed by atoms with Crippen LogP contribution in [0.25, 0.3) is 0 Å². The average Bonchev–Trinajstić information content (AvgIpc) is 2.98. The van der Waals surface area contributed by atoms with Crippen molar-refractivity contribution < 1.29 is 4.79 Å². The summed E-state index contributed by atoms with van der Waals surface area (Å²) < 4.78 is 0. The molecule has 4 heteroatoms. The van der Waals surface area contributed by atoms with Gasteiger partial charge in [-0.15, -0.1) is 0 Å². The smallest absolute Gasteiger partial charge is 0.241 e. The molecule has 1 fully saturated rings. The molecule has 1 aliphatic rings. The van der Waals surface area contributed by atoms with E-state index in [9.17, 15) is 4.79 Å². The van der Waals surface area contributed by atoms with E-state index in [2.05, 4.69) is 29.3 Å². The van der Waals surface area contributed by atoms with E-state index in [1.165, 1.54) is 31.5 Å². The molecule has 0 aromatic heterocycles. The van der Waals surface area contributed by atoms with Crippen LogP contribution < -0.4 is 11.1 Å². The van der Waals surface area contributed by atoms with Gasteiger partial charge in [-0.05, 0) is 50.0 Å². The molecule has 0 bridgehead atoms. The van der Waals surface area contributed by atoms with E-state index in [0.29, 0.717) is 0 Å². The number of unbranched alkanes of at least 4 members (excludes halogenated alkanes) is 1. The summed E-state index contributed by atoms with van der Waals surface area (Å²) in [5, 5.41) is 2.93. The molecule has 0 unspecified atom stereocenters. The second kappa shape index (κ2) is 8.15. The lowest BCUT2D eigenvalue weighted by Gasteiger charge is -2.16. The van der Waals surface area contributed by atoms with Crippen LogP contribution in [0.4, 0.5) is 5.69 Å². The van der Waals surface area contributed by atoms with Gasteiger partial charge in [0.05, 0.1) is 6.04 Å². The zero-order valence-corrected chi connectivity index (χ0v) is 13.0. The van der Waals surface area contributed by atoms with Gasteiger partial charge in [0.25, 0.3) is 0 Å². The average molecular weight is 289 g/mol. The van der Waals surface area contributed by atoms with Gasteiger partial charge in [-0.25, -0.2) is 0 Å². The number of anilines is 1. The highest BCUT2D eigenvalue weighted by Crippen LogP contribution is 2.16. The summed E-state index contributed by atoms with van der Waals surface area (Å²) >= 11 is 0. The molecule has 0 aliphatic carbocycles. The summed E-state index contributed by atoms with van der Waals surface area (Å²) in [6.45, 7) is 5.43. The van der Waals surface area contributed by atoms with Crippen LogP contribution in [0.3, 0.4) is 0 Å². The van der Waals surface area contributed by atoms with Crippen molar-refractivity contribution in [3.8, 4) is 0 Å². The highest BCUT2D eigenvalue weighted by molar-refractivity contribution is 5.94. The predicted molar refractivity (Wildman–Crippen MR) is 87.1 cm³/mol. The summed E-state index contributed by atoms with van der Waals surface area (Å²) in [4.78, 5) is 14.5. The van der Waals surface area contributed by atoms with E-state index in [4.69, 9.17) is 5.73 Å². The molecule has 1 amide bonds. The van der Waals surface area contributed by atoms with E-state index in [1.807, 2.05) is 12.1 Å². The Hall–Kier alpha value is -1.39. The first kappa shape index (κ1) is 16.0. The van der Waals surface area contributed by atoms with Gasteiger partial charge in [-0.2, -0.15) is 0 Å². The number of hydrogen-bond donors (Lipinski definition) is 2. The summed E-state index contributed by atoms with van der Waals surface area (Å²) in [7, 11) is 0. The Morgan fingerprint density at radius 1 is 1.38 bits per heavy atom. The van der Waals surface area contributed by atoms with E-state index in [-0.39, 0.29) is 5.91 Å². The third-order valence-corrected chi connectivity index (χ3v) is 4.00. The number of amides is 1. The number of carbonyl (C=O) groups excluding carboxylic acids is 1. The van der Waals surface area contributed by atoms with Crippen molar-refractivity contribution >= 4 is 11.6 Å². The van der Waals surface area contributed by atoms with E-state index in [0.717, 1.165) is 31.5 Å². The molecule has 1 aromatic rings. The van der Waals surface area contributed by atoms with Gasteiger partial charge < -0.3 is 11.1 Å². The molecular formula is C17H27N3O. The van der Waals surface area contributed by atoms with Crippen LogP contribution in [-0.2, 0) is 11.3 Å². The van der Waals surface area contributed by atoms with Gasteiger partial charge in [-0.3, -0.25) is 9.69 Å². The van der Waals surface area contributed by atoms with Crippen molar-refractivity contribution in [1.82, 2.24) is 4.90 Å². The molecule has 116 valence electrons. The number of hydrogen-bond acceptors (Lipinski definition) is 3. The van der Waals surface area contributed by atoms with Crippen LogP contribution in [-0.4, -0.2) is 29.9 Å². The monoisotopic (exact) mass is 289 g/mol. The lowest BCUT2D eigenvalue weighted by Crippen LogP contribution is -2.35. The number of nitrogens with one attached hydrogen (secondary N) is 1. The van der Waals surface area contributed by atoms with E-state index < -0.39 is 6.04 Å². The Morgan fingerprint density at radius 3 is 2.86 bits per heavy atom. The highest BCUT2D eigenvalue weighted by Gasteiger charge is 2.14. The number of nitrogens with zero attached hydrogens (tertiary/aromatic N) is 1. The molecule has 1 aliphatic heterocycles. The number of rotatable bonds is 7. The van der Waals surface area contributed by atoms with Gasteiger partial charge in [0.2, 0.25) is 5.91 Å². The lowest BCUT2D eigenvalue weighted by atomic mass is 10.1. The molecule has 0 radical (unpaired) electrons. The summed E-state index contributed by atoms with van der Waals surface area (Å²) in [6.07, 6.45) is 5.39. The fourth-order valence-corrected chi connectivity index (χ4v) is 2.74. The third-order valence-electron chi connectivity index (χ3n) is 4.00. The van der Waals surface area contributed by atoms with Gasteiger partial charge in [-0.1, -0.05) is 31.9 Å². The van der Waals surface area contributed by atoms with Crippen LogP contribution in [0.15, 0.2) is 24.3 Å². The number of likely N-dealkylation sites (tertiary alicyclic amines) is 1. The molecule has 4 nitrogen and oxygen atoms in total. The molecule has 1 heterocycles. The first-order valence-electron chi connectivity index (χ1n) is 8.07. The summed E-state index contributed by atoms with van der Waals surface area (Å²) in [6, 6.07) is 7.69. The number of benzene rings is 1. The van der Waals surface area contributed by atoms with Gasteiger partial charge in [0, 0.05) is 12.2 Å². The zero-order valence-electron chi connectivity index (χ0n) is 13.0. The third kappa shape index (κ3) is 5.14. The zero-order chi connectivity index (χ0) is 15.1. The highest BCUT2D eigenvalue weighted by atomic mass is 16.2. The Morgan fingerprint density at radius 2 is 2.14 bits per heavy atom. The molecular weight excluding hydrogens is 262 g/mol. The van der Waals surface area contributed by atoms with Crippen LogP contribution in [0.5, 0.6) is 0 Å². The topological polar surface area (TPSA) is 58.4 Å². The van der Waals surface area contributed by atoms with Crippen LogP contribution in [0, 0.1) is 0 Å². The predicted octanol–water partition coefficient (Wildman–Crippen LogP) is 2.74. The summed E-state index contributed by atoms with van der Waals surface area (Å²) in [5.74, 6) is -0.0817. The van der Waals surface area contributed by atoms with Crippen LogP contribution in [0.2, 0.25) is 0 Å². The fraction of sp³-hybridized carbons (Fsp3) is 0.588. The van der Waals surface area contributed by atoms with Crippen molar-refractivity contribution in [1.29, 1.82) is 0 Å². The minimum absolute atomic E-state index is 0.0817. The quantitative estimate of drug-likeness (QED) is 0.811. The molecule has 21 heavy (non-hydrogen) atoms. The fourth-order valence-electron chi connectivity index (χ4n) is 2.74. The van der Waals surface area contributed by atoms with Gasteiger partial charge in [0.15, 0.2) is 0 Å². The molecule has 0 saturated carbocycles. The molecule has 1 aromatic carbocycles. The Bertz CT molecular complexity index is 455. The number of carbonyl (C=O) groups is 1. The molecule has 3 N–H and O–H groups in total. The maximum Gasteiger partial charge on any atom is 0.241 e. The van der Waals surface area contributed by atoms with Crippen LogP contribution >= 0.6 is 0 Å². The lowest BCUT2D eigenvalue weighted by molar-refractivity contribution is -0.117. The van der Waals surface area contributed by atoms with Gasteiger partial charge in [0.1, 0.15) is 0 Å². The van der Waals surface area contributed by atoms with Crippen molar-refractivity contribution in [2.45, 2.75) is 51.6 Å². The van der Waals surface area contributed by atoms with E-state index in [1.54, 1.807) is 0 Å². The van der Waals surface area contributed by atoms with Crippen molar-refractivity contribution in [2.75, 3.05) is 18.4 Å². The van der Waals surface area contributed by atoms with E-state index >= 15 is 0 Å². The Kier molecular flexibility index (Phi) is 6.21. The number of nitrogens with two attached hydrogens (primary N) is 1. The van der Waals surface area contributed by atoms with Gasteiger partial charge >= 0.3 is 0 Å². The minimum atomic E-state index is -0.410. The second-order valence-electron chi connectivity index (χ2n) is 5.92. The maximum atomic E-state index is 12.0. The van der Waals surface area contributed by atoms with Crippen LogP contribution in [0.1, 0.15) is 44.6 Å². The molecule has 2 rings (SSSR count). The Labute approximate surface area is 127 Å². The van der Waals surface area contributed by atoms with Crippen molar-refractivity contribution in [2.24, 2.45) is 5.73 Å². The molecule has 1 saturated heterocycles. The largest absolute Gasteiger partial charge is 0.325 e. The SMILES string of the molecule is CCCC[C@H](N)C(=O)Nc1cccc(CN2CCCC2)c1. The molecule has 1 atom stereocenters. The molecule has 0 spiro atoms.